The molecule has 0 spiro atoms. The van der Waals surface area contributed by atoms with Gasteiger partial charge in [0.2, 0.25) is 5.91 Å². The highest BCUT2D eigenvalue weighted by molar-refractivity contribution is 5.76. The Balaban J connectivity index is 1.62. The average Bonchev–Trinajstić information content (AvgIpc) is 2.90. The van der Waals surface area contributed by atoms with E-state index in [1.807, 2.05) is 13.0 Å². The second-order valence-electron chi connectivity index (χ2n) is 4.55. The molecular weight excluding hydrogens is 218 g/mol. The molecule has 5 nitrogen and oxygen atoms in total. The Hall–Kier alpha value is -1.52. The van der Waals surface area contributed by atoms with Crippen LogP contribution in [0.15, 0.2) is 10.6 Å². The molecule has 0 saturated heterocycles. The normalized spacial score (nSPS) is 16.1. The van der Waals surface area contributed by atoms with E-state index in [9.17, 15) is 4.79 Å². The van der Waals surface area contributed by atoms with Gasteiger partial charge in [0.1, 0.15) is 5.76 Å². The van der Waals surface area contributed by atoms with E-state index in [-0.39, 0.29) is 5.91 Å². The minimum absolute atomic E-state index is 0.115. The average molecular weight is 237 g/mol. The van der Waals surface area contributed by atoms with Gasteiger partial charge in [0.25, 0.3) is 0 Å². The molecule has 94 valence electrons. The number of hydrogen-bond acceptors (Lipinski definition) is 4. The number of carbonyl (C=O) groups excluding carboxylic acids is 1. The van der Waals surface area contributed by atoms with E-state index in [0.717, 1.165) is 18.6 Å². The maximum Gasteiger partial charge on any atom is 0.221 e. The number of nitrogens with zero attached hydrogens (tertiary/aromatic N) is 1. The summed E-state index contributed by atoms with van der Waals surface area (Å²) in [7, 11) is 0. The molecule has 0 bridgehead atoms. The molecule has 1 fully saturated rings. The minimum atomic E-state index is 0.115. The number of rotatable bonds is 5. The van der Waals surface area contributed by atoms with Gasteiger partial charge in [-0.15, -0.1) is 0 Å². The van der Waals surface area contributed by atoms with Crippen LogP contribution in [0.4, 0.5) is 5.82 Å². The van der Waals surface area contributed by atoms with Crippen molar-refractivity contribution in [2.75, 3.05) is 11.9 Å². The van der Waals surface area contributed by atoms with Crippen molar-refractivity contribution in [2.24, 2.45) is 0 Å². The standard InChI is InChI=1S/C12H19N3O2/c1-9-8-11(15-17-9)13-7-6-12(16)14-10-4-2-3-5-10/h8,10H,2-7H2,1H3,(H,13,15)(H,14,16). The van der Waals surface area contributed by atoms with E-state index in [1.54, 1.807) is 0 Å². The summed E-state index contributed by atoms with van der Waals surface area (Å²) >= 11 is 0. The molecule has 1 aliphatic carbocycles. The molecule has 1 aliphatic rings. The SMILES string of the molecule is Cc1cc(NCCC(=O)NC2CCCC2)no1. The first-order valence-corrected chi connectivity index (χ1v) is 6.20. The van der Waals surface area contributed by atoms with Crippen LogP contribution >= 0.6 is 0 Å². The van der Waals surface area contributed by atoms with Gasteiger partial charge in [-0.1, -0.05) is 18.0 Å². The Morgan fingerprint density at radius 1 is 1.53 bits per heavy atom. The minimum Gasteiger partial charge on any atom is -0.367 e. The van der Waals surface area contributed by atoms with E-state index in [2.05, 4.69) is 15.8 Å². The van der Waals surface area contributed by atoms with Crippen LogP contribution in [0.1, 0.15) is 37.9 Å². The van der Waals surface area contributed by atoms with E-state index in [1.165, 1.54) is 12.8 Å². The van der Waals surface area contributed by atoms with E-state index in [4.69, 9.17) is 4.52 Å². The van der Waals surface area contributed by atoms with Gasteiger partial charge in [-0.25, -0.2) is 0 Å². The van der Waals surface area contributed by atoms with Crippen molar-refractivity contribution in [1.29, 1.82) is 0 Å². The quantitative estimate of drug-likeness (QED) is 0.820. The summed E-state index contributed by atoms with van der Waals surface area (Å²) in [4.78, 5) is 11.6. The van der Waals surface area contributed by atoms with Crippen molar-refractivity contribution in [3.05, 3.63) is 11.8 Å². The molecule has 5 heteroatoms. The first-order valence-electron chi connectivity index (χ1n) is 6.20. The summed E-state index contributed by atoms with van der Waals surface area (Å²) in [5.74, 6) is 1.57. The van der Waals surface area contributed by atoms with Gasteiger partial charge in [0.15, 0.2) is 5.82 Å². The zero-order chi connectivity index (χ0) is 12.1. The molecule has 1 heterocycles. The molecule has 2 N–H and O–H groups in total. The highest BCUT2D eigenvalue weighted by Crippen LogP contribution is 2.17. The first-order chi connectivity index (χ1) is 8.24. The van der Waals surface area contributed by atoms with Crippen LogP contribution in [0, 0.1) is 6.92 Å². The highest BCUT2D eigenvalue weighted by Gasteiger charge is 2.16. The third-order valence-corrected chi connectivity index (χ3v) is 3.01. The number of aromatic nitrogens is 1. The summed E-state index contributed by atoms with van der Waals surface area (Å²) in [6.45, 7) is 2.43. The summed E-state index contributed by atoms with van der Waals surface area (Å²) < 4.78 is 4.92. The van der Waals surface area contributed by atoms with Crippen LogP contribution < -0.4 is 10.6 Å². The Morgan fingerprint density at radius 3 is 2.94 bits per heavy atom. The van der Waals surface area contributed by atoms with Crippen molar-refractivity contribution >= 4 is 11.7 Å². The van der Waals surface area contributed by atoms with Gasteiger partial charge in [0.05, 0.1) is 0 Å². The molecule has 17 heavy (non-hydrogen) atoms. The molecule has 1 saturated carbocycles. The fraction of sp³-hybridized carbons (Fsp3) is 0.667. The van der Waals surface area contributed by atoms with Crippen LogP contribution in [0.2, 0.25) is 0 Å². The fourth-order valence-corrected chi connectivity index (χ4v) is 2.12. The van der Waals surface area contributed by atoms with Gasteiger partial charge in [-0.3, -0.25) is 4.79 Å². The third-order valence-electron chi connectivity index (χ3n) is 3.01. The topological polar surface area (TPSA) is 67.2 Å². The first kappa shape index (κ1) is 12.0. The summed E-state index contributed by atoms with van der Waals surface area (Å²) in [6, 6.07) is 2.21. The highest BCUT2D eigenvalue weighted by atomic mass is 16.5. The van der Waals surface area contributed by atoms with Crippen molar-refractivity contribution in [3.63, 3.8) is 0 Å². The lowest BCUT2D eigenvalue weighted by Crippen LogP contribution is -2.33. The molecule has 1 amide bonds. The number of carbonyl (C=O) groups is 1. The Labute approximate surface area is 101 Å². The largest absolute Gasteiger partial charge is 0.367 e. The maximum atomic E-state index is 11.6. The number of aryl methyl sites for hydroxylation is 1. The summed E-state index contributed by atoms with van der Waals surface area (Å²) in [5.41, 5.74) is 0. The Kier molecular flexibility index (Phi) is 4.01. The lowest BCUT2D eigenvalue weighted by atomic mass is 10.2. The number of hydrogen-bond donors (Lipinski definition) is 2. The molecule has 0 aliphatic heterocycles. The molecule has 1 aromatic rings. The Morgan fingerprint density at radius 2 is 2.29 bits per heavy atom. The molecule has 2 rings (SSSR count). The Bertz CT molecular complexity index is 370. The number of amides is 1. The smallest absolute Gasteiger partial charge is 0.221 e. The molecule has 0 radical (unpaired) electrons. The van der Waals surface area contributed by atoms with Crippen molar-refractivity contribution in [2.45, 2.75) is 45.1 Å². The van der Waals surface area contributed by atoms with Gasteiger partial charge in [-0.05, 0) is 19.8 Å². The van der Waals surface area contributed by atoms with Gasteiger partial charge >= 0.3 is 0 Å². The van der Waals surface area contributed by atoms with Crippen molar-refractivity contribution in [3.8, 4) is 0 Å². The number of nitrogens with one attached hydrogen (secondary N) is 2. The van der Waals surface area contributed by atoms with Crippen LogP contribution in [0.3, 0.4) is 0 Å². The van der Waals surface area contributed by atoms with Crippen LogP contribution in [0.25, 0.3) is 0 Å². The van der Waals surface area contributed by atoms with Gasteiger partial charge < -0.3 is 15.2 Å². The molecule has 1 aromatic heterocycles. The maximum absolute atomic E-state index is 11.6. The predicted molar refractivity (Wildman–Crippen MR) is 64.7 cm³/mol. The lowest BCUT2D eigenvalue weighted by molar-refractivity contribution is -0.121. The molecular formula is C12H19N3O2. The van der Waals surface area contributed by atoms with Crippen molar-refractivity contribution in [1.82, 2.24) is 10.5 Å². The molecule has 0 unspecified atom stereocenters. The zero-order valence-corrected chi connectivity index (χ0v) is 10.2. The van der Waals surface area contributed by atoms with Crippen LogP contribution in [-0.4, -0.2) is 23.7 Å². The fourth-order valence-electron chi connectivity index (χ4n) is 2.12. The molecule has 0 aromatic carbocycles. The second kappa shape index (κ2) is 5.70. The van der Waals surface area contributed by atoms with Crippen molar-refractivity contribution < 1.29 is 9.32 Å². The third kappa shape index (κ3) is 3.76. The second-order valence-corrected chi connectivity index (χ2v) is 4.55. The predicted octanol–water partition coefficient (Wildman–Crippen LogP) is 1.84. The van der Waals surface area contributed by atoms with Gasteiger partial charge in [-0.2, -0.15) is 0 Å². The summed E-state index contributed by atoms with van der Waals surface area (Å²) in [5, 5.41) is 9.90. The van der Waals surface area contributed by atoms with Crippen LogP contribution in [-0.2, 0) is 4.79 Å². The lowest BCUT2D eigenvalue weighted by Gasteiger charge is -2.11. The van der Waals surface area contributed by atoms with E-state index < -0.39 is 0 Å². The molecule has 0 atom stereocenters. The van der Waals surface area contributed by atoms with Crippen LogP contribution in [0.5, 0.6) is 0 Å². The monoisotopic (exact) mass is 237 g/mol. The van der Waals surface area contributed by atoms with E-state index >= 15 is 0 Å². The summed E-state index contributed by atoms with van der Waals surface area (Å²) in [6.07, 6.45) is 5.20. The van der Waals surface area contributed by atoms with Gasteiger partial charge in [0, 0.05) is 25.1 Å². The zero-order valence-electron chi connectivity index (χ0n) is 10.2. The number of anilines is 1. The van der Waals surface area contributed by atoms with E-state index in [0.29, 0.717) is 24.8 Å².